The summed E-state index contributed by atoms with van der Waals surface area (Å²) in [5.41, 5.74) is 5.16. The van der Waals surface area contributed by atoms with E-state index in [0.29, 0.717) is 23.5 Å². The molecule has 5 rings (SSSR count). The first kappa shape index (κ1) is 24.4. The second kappa shape index (κ2) is 10.8. The third-order valence-electron chi connectivity index (χ3n) is 7.64. The summed E-state index contributed by atoms with van der Waals surface area (Å²) in [6.07, 6.45) is 10.9. The minimum atomic E-state index is -1.06. The molecule has 2 N–H and O–H groups in total. The largest absolute Gasteiger partial charge is 0.480 e. The lowest BCUT2D eigenvalue weighted by Gasteiger charge is -2.35. The van der Waals surface area contributed by atoms with Crippen LogP contribution in [0, 0.1) is 5.92 Å². The summed E-state index contributed by atoms with van der Waals surface area (Å²) >= 11 is 0. The number of hydrogen-bond acceptors (Lipinski definition) is 5. The Labute approximate surface area is 211 Å². The fourth-order valence-electron chi connectivity index (χ4n) is 5.39. The van der Waals surface area contributed by atoms with Crippen LogP contribution in [0.2, 0.25) is 0 Å². The van der Waals surface area contributed by atoms with Crippen molar-refractivity contribution in [3.05, 3.63) is 59.0 Å². The Hall–Kier alpha value is -3.26. The van der Waals surface area contributed by atoms with Gasteiger partial charge in [0.25, 0.3) is 5.91 Å². The third-order valence-corrected chi connectivity index (χ3v) is 7.64. The molecule has 1 amide bonds. The van der Waals surface area contributed by atoms with E-state index in [2.05, 4.69) is 22.5 Å². The number of carboxylic acids is 1. The van der Waals surface area contributed by atoms with Crippen LogP contribution in [0.15, 0.2) is 36.5 Å². The molecule has 2 aliphatic rings. The minimum absolute atomic E-state index is 0.167. The highest BCUT2D eigenvalue weighted by Gasteiger charge is 2.30. The van der Waals surface area contributed by atoms with Crippen LogP contribution in [0.1, 0.15) is 65.8 Å². The summed E-state index contributed by atoms with van der Waals surface area (Å²) in [4.78, 5) is 29.4. The predicted octanol–water partition coefficient (Wildman–Crippen LogP) is 3.85. The number of aromatic nitrogens is 3. The number of pyridine rings is 1. The number of aliphatic carboxylic acids is 1. The van der Waals surface area contributed by atoms with Gasteiger partial charge < -0.3 is 15.2 Å². The van der Waals surface area contributed by atoms with E-state index in [0.717, 1.165) is 44.0 Å². The number of aryl methyl sites for hydroxylation is 4. The second-order valence-corrected chi connectivity index (χ2v) is 10.1. The molecular weight excluding hydrogens is 456 g/mol. The normalized spacial score (nSPS) is 19.9. The third kappa shape index (κ3) is 5.43. The number of nitrogens with zero attached hydrogens (tertiary/aromatic N) is 3. The van der Waals surface area contributed by atoms with Gasteiger partial charge in [-0.15, -0.1) is 0 Å². The Bertz CT molecular complexity index is 1250. The van der Waals surface area contributed by atoms with Crippen molar-refractivity contribution in [1.29, 1.82) is 0 Å². The maximum Gasteiger partial charge on any atom is 0.326 e. The average molecular weight is 491 g/mol. The summed E-state index contributed by atoms with van der Waals surface area (Å²) in [5.74, 6) is -0.849. The van der Waals surface area contributed by atoms with Crippen molar-refractivity contribution in [2.45, 2.75) is 69.9 Å². The van der Waals surface area contributed by atoms with Gasteiger partial charge in [-0.05, 0) is 81.0 Å². The number of amides is 1. The highest BCUT2D eigenvalue weighted by Crippen LogP contribution is 2.34. The first-order chi connectivity index (χ1) is 17.5. The number of hydrogen-bond donors (Lipinski definition) is 2. The monoisotopic (exact) mass is 490 g/mol. The number of benzene rings is 1. The van der Waals surface area contributed by atoms with E-state index >= 15 is 0 Å². The van der Waals surface area contributed by atoms with Gasteiger partial charge in [0.15, 0.2) is 0 Å². The van der Waals surface area contributed by atoms with Gasteiger partial charge >= 0.3 is 5.97 Å². The van der Waals surface area contributed by atoms with Gasteiger partial charge in [-0.1, -0.05) is 12.1 Å². The molecule has 8 heteroatoms. The standard InChI is InChI=1S/C28H34N4O4/c1-32-26-8-4-6-22(23(26)17-29-32)27(33)31-25(28(34)35)13-14-36-21-15-18(16-21)9-11-20-12-10-19-5-2-3-7-24(19)30-20/h4,6,8,10,12,17-18,21,25H,2-3,5,7,9,11,13-16H2,1H3,(H,31,33)(H,34,35). The molecular formula is C28H34N4O4. The van der Waals surface area contributed by atoms with Crippen LogP contribution in [0.4, 0.5) is 0 Å². The van der Waals surface area contributed by atoms with Crippen LogP contribution in [-0.4, -0.2) is 50.5 Å². The van der Waals surface area contributed by atoms with Crippen LogP contribution >= 0.6 is 0 Å². The van der Waals surface area contributed by atoms with Gasteiger partial charge in [0.05, 0.1) is 23.4 Å². The number of carboxylic acid groups (broad SMARTS) is 1. The fourth-order valence-corrected chi connectivity index (χ4v) is 5.39. The van der Waals surface area contributed by atoms with Crippen molar-refractivity contribution in [1.82, 2.24) is 20.1 Å². The second-order valence-electron chi connectivity index (χ2n) is 10.1. The molecule has 0 saturated heterocycles. The van der Waals surface area contributed by atoms with Crippen molar-refractivity contribution in [2.75, 3.05) is 6.61 Å². The zero-order valence-corrected chi connectivity index (χ0v) is 20.8. The Morgan fingerprint density at radius 1 is 1.19 bits per heavy atom. The van der Waals surface area contributed by atoms with Gasteiger partial charge in [-0.3, -0.25) is 14.5 Å². The first-order valence-corrected chi connectivity index (χ1v) is 13.0. The molecule has 2 aliphatic carbocycles. The first-order valence-electron chi connectivity index (χ1n) is 13.0. The van der Waals surface area contributed by atoms with E-state index in [1.54, 1.807) is 30.1 Å². The molecule has 1 saturated carbocycles. The Balaban J connectivity index is 1.04. The summed E-state index contributed by atoms with van der Waals surface area (Å²) in [7, 11) is 1.80. The van der Waals surface area contributed by atoms with Crippen LogP contribution in [0.3, 0.4) is 0 Å². The average Bonchev–Trinajstić information content (AvgIpc) is 3.24. The van der Waals surface area contributed by atoms with Gasteiger partial charge in [0.2, 0.25) is 0 Å². The number of nitrogens with one attached hydrogen (secondary N) is 1. The SMILES string of the molecule is Cn1ncc2c(C(=O)NC(CCOC3CC(CCc4ccc5c(n4)CCCC5)C3)C(=O)O)cccc21. The number of ether oxygens (including phenoxy) is 1. The zero-order chi connectivity index (χ0) is 25.1. The number of fused-ring (bicyclic) bond motifs is 2. The quantitative estimate of drug-likeness (QED) is 0.447. The van der Waals surface area contributed by atoms with E-state index in [-0.39, 0.29) is 12.5 Å². The summed E-state index contributed by atoms with van der Waals surface area (Å²) in [6.45, 7) is 0.304. The van der Waals surface area contributed by atoms with Crippen LogP contribution in [-0.2, 0) is 35.8 Å². The van der Waals surface area contributed by atoms with Crippen molar-refractivity contribution in [3.63, 3.8) is 0 Å². The van der Waals surface area contributed by atoms with E-state index in [4.69, 9.17) is 9.72 Å². The number of carbonyl (C=O) groups is 2. The highest BCUT2D eigenvalue weighted by atomic mass is 16.5. The minimum Gasteiger partial charge on any atom is -0.480 e. The number of rotatable bonds is 10. The Morgan fingerprint density at radius 3 is 2.86 bits per heavy atom. The van der Waals surface area contributed by atoms with Gasteiger partial charge in [0.1, 0.15) is 6.04 Å². The summed E-state index contributed by atoms with van der Waals surface area (Å²) in [5, 5.41) is 17.2. The molecule has 3 aromatic rings. The molecule has 2 aromatic heterocycles. The molecule has 2 heterocycles. The number of carbonyl (C=O) groups excluding carboxylic acids is 1. The smallest absolute Gasteiger partial charge is 0.326 e. The molecule has 36 heavy (non-hydrogen) atoms. The molecule has 1 fully saturated rings. The molecule has 1 aromatic carbocycles. The van der Waals surface area contributed by atoms with Crippen molar-refractivity contribution in [2.24, 2.45) is 13.0 Å². The Kier molecular flexibility index (Phi) is 7.32. The van der Waals surface area contributed by atoms with Crippen LogP contribution in [0.5, 0.6) is 0 Å². The maximum atomic E-state index is 12.8. The van der Waals surface area contributed by atoms with Gasteiger partial charge in [0, 0.05) is 36.8 Å². The maximum absolute atomic E-state index is 12.8. The summed E-state index contributed by atoms with van der Waals surface area (Å²) < 4.78 is 7.62. The van der Waals surface area contributed by atoms with Crippen LogP contribution in [0.25, 0.3) is 10.9 Å². The van der Waals surface area contributed by atoms with Crippen molar-refractivity contribution >= 4 is 22.8 Å². The molecule has 0 aliphatic heterocycles. The molecule has 8 nitrogen and oxygen atoms in total. The molecule has 0 bridgehead atoms. The Morgan fingerprint density at radius 2 is 2.03 bits per heavy atom. The lowest BCUT2D eigenvalue weighted by atomic mass is 9.79. The van der Waals surface area contributed by atoms with Crippen molar-refractivity contribution in [3.8, 4) is 0 Å². The fraction of sp³-hybridized carbons (Fsp3) is 0.500. The zero-order valence-electron chi connectivity index (χ0n) is 20.8. The molecule has 190 valence electrons. The molecule has 0 spiro atoms. The van der Waals surface area contributed by atoms with E-state index in [1.807, 2.05) is 6.07 Å². The molecule has 1 atom stereocenters. The van der Waals surface area contributed by atoms with Gasteiger partial charge in [-0.2, -0.15) is 5.10 Å². The van der Waals surface area contributed by atoms with Gasteiger partial charge in [-0.25, -0.2) is 4.79 Å². The lowest BCUT2D eigenvalue weighted by molar-refractivity contribution is -0.140. The molecule has 0 radical (unpaired) electrons. The topological polar surface area (TPSA) is 106 Å². The highest BCUT2D eigenvalue weighted by molar-refractivity contribution is 6.07. The summed E-state index contributed by atoms with van der Waals surface area (Å²) in [6, 6.07) is 8.77. The molecule has 1 unspecified atom stereocenters. The van der Waals surface area contributed by atoms with E-state index in [9.17, 15) is 14.7 Å². The van der Waals surface area contributed by atoms with E-state index in [1.165, 1.54) is 29.8 Å². The lowest BCUT2D eigenvalue weighted by Crippen LogP contribution is -2.42. The van der Waals surface area contributed by atoms with E-state index < -0.39 is 17.9 Å². The predicted molar refractivity (Wildman–Crippen MR) is 136 cm³/mol. The van der Waals surface area contributed by atoms with Crippen molar-refractivity contribution < 1.29 is 19.4 Å². The van der Waals surface area contributed by atoms with Crippen LogP contribution < -0.4 is 5.32 Å².